The van der Waals surface area contributed by atoms with Gasteiger partial charge in [0.05, 0.1) is 11.3 Å². The predicted molar refractivity (Wildman–Crippen MR) is 69.7 cm³/mol. The van der Waals surface area contributed by atoms with E-state index < -0.39 is 17.5 Å². The van der Waals surface area contributed by atoms with Crippen LogP contribution in [-0.2, 0) is 0 Å². The van der Waals surface area contributed by atoms with E-state index in [1.807, 2.05) is 13.8 Å². The van der Waals surface area contributed by atoms with Gasteiger partial charge in [-0.15, -0.1) is 0 Å². The Labute approximate surface area is 111 Å². The molecular formula is C14H18F2N2O. The standard InChI is InChI=1S/C14H18F2N2O/c1-8-4-3-5-9(2)18(8)14(19)11-6-10(15)7-12(17)13(11)16/h6-9H,3-5,17H2,1-2H3. The van der Waals surface area contributed by atoms with Crippen LogP contribution in [0.3, 0.4) is 0 Å². The molecule has 1 fully saturated rings. The van der Waals surface area contributed by atoms with E-state index in [0.29, 0.717) is 0 Å². The predicted octanol–water partition coefficient (Wildman–Crippen LogP) is 2.95. The van der Waals surface area contributed by atoms with Crippen molar-refractivity contribution in [2.45, 2.75) is 45.2 Å². The Morgan fingerprint density at radius 1 is 1.26 bits per heavy atom. The fourth-order valence-electron chi connectivity index (χ4n) is 2.73. The molecule has 1 saturated heterocycles. The van der Waals surface area contributed by atoms with E-state index in [1.54, 1.807) is 4.90 Å². The van der Waals surface area contributed by atoms with Gasteiger partial charge >= 0.3 is 0 Å². The summed E-state index contributed by atoms with van der Waals surface area (Å²) in [5.41, 5.74) is 4.76. The van der Waals surface area contributed by atoms with Gasteiger partial charge in [0.1, 0.15) is 5.82 Å². The fourth-order valence-corrected chi connectivity index (χ4v) is 2.73. The van der Waals surface area contributed by atoms with Crippen LogP contribution >= 0.6 is 0 Å². The third-order valence-corrected chi connectivity index (χ3v) is 3.72. The lowest BCUT2D eigenvalue weighted by molar-refractivity contribution is 0.0505. The second-order valence-corrected chi connectivity index (χ2v) is 5.20. The first-order valence-electron chi connectivity index (χ1n) is 6.49. The van der Waals surface area contributed by atoms with Gasteiger partial charge in [-0.25, -0.2) is 8.78 Å². The first-order valence-corrected chi connectivity index (χ1v) is 6.49. The van der Waals surface area contributed by atoms with E-state index in [0.717, 1.165) is 31.4 Å². The minimum Gasteiger partial charge on any atom is -0.396 e. The number of piperidine rings is 1. The summed E-state index contributed by atoms with van der Waals surface area (Å²) in [5.74, 6) is -2.01. The molecular weight excluding hydrogens is 250 g/mol. The summed E-state index contributed by atoms with van der Waals surface area (Å²) in [6.45, 7) is 3.85. The second-order valence-electron chi connectivity index (χ2n) is 5.20. The summed E-state index contributed by atoms with van der Waals surface area (Å²) in [4.78, 5) is 14.0. The van der Waals surface area contributed by atoms with Crippen LogP contribution in [0.15, 0.2) is 12.1 Å². The average molecular weight is 268 g/mol. The van der Waals surface area contributed by atoms with Crippen molar-refractivity contribution in [2.24, 2.45) is 0 Å². The third-order valence-electron chi connectivity index (χ3n) is 3.72. The van der Waals surface area contributed by atoms with Gasteiger partial charge in [0.25, 0.3) is 5.91 Å². The summed E-state index contributed by atoms with van der Waals surface area (Å²) < 4.78 is 27.2. The smallest absolute Gasteiger partial charge is 0.257 e. The molecule has 0 radical (unpaired) electrons. The number of halogens is 2. The lowest BCUT2D eigenvalue weighted by atomic mass is 9.96. The van der Waals surface area contributed by atoms with Crippen molar-refractivity contribution in [1.29, 1.82) is 0 Å². The molecule has 19 heavy (non-hydrogen) atoms. The molecule has 2 atom stereocenters. The third kappa shape index (κ3) is 2.55. The molecule has 0 aliphatic carbocycles. The average Bonchev–Trinajstić information content (AvgIpc) is 2.33. The van der Waals surface area contributed by atoms with Gasteiger partial charge in [-0.1, -0.05) is 0 Å². The largest absolute Gasteiger partial charge is 0.396 e. The SMILES string of the molecule is CC1CCCC(C)N1C(=O)c1cc(F)cc(N)c1F. The minimum absolute atomic E-state index is 0.0279. The highest BCUT2D eigenvalue weighted by atomic mass is 19.1. The van der Waals surface area contributed by atoms with Crippen molar-refractivity contribution >= 4 is 11.6 Å². The monoisotopic (exact) mass is 268 g/mol. The molecule has 3 nitrogen and oxygen atoms in total. The molecule has 2 N–H and O–H groups in total. The maximum atomic E-state index is 13.9. The number of benzene rings is 1. The van der Waals surface area contributed by atoms with Crippen LogP contribution in [0.4, 0.5) is 14.5 Å². The molecule has 1 aliphatic heterocycles. The van der Waals surface area contributed by atoms with Gasteiger partial charge in [-0.05, 0) is 45.2 Å². The van der Waals surface area contributed by atoms with Crippen LogP contribution in [-0.4, -0.2) is 22.9 Å². The Kier molecular flexibility index (Phi) is 3.73. The van der Waals surface area contributed by atoms with Crippen LogP contribution < -0.4 is 5.73 Å². The number of likely N-dealkylation sites (tertiary alicyclic amines) is 1. The Bertz CT molecular complexity index is 494. The molecule has 0 saturated carbocycles. The minimum atomic E-state index is -0.837. The van der Waals surface area contributed by atoms with Gasteiger partial charge < -0.3 is 10.6 Å². The number of amides is 1. The van der Waals surface area contributed by atoms with Crippen molar-refractivity contribution in [1.82, 2.24) is 4.90 Å². The zero-order chi connectivity index (χ0) is 14.2. The summed E-state index contributed by atoms with van der Waals surface area (Å²) in [6, 6.07) is 1.86. The van der Waals surface area contributed by atoms with Crippen LogP contribution in [0, 0.1) is 11.6 Å². The number of nitrogens with zero attached hydrogens (tertiary/aromatic N) is 1. The first kappa shape index (κ1) is 13.8. The zero-order valence-electron chi connectivity index (χ0n) is 11.1. The van der Waals surface area contributed by atoms with Crippen LogP contribution in [0.25, 0.3) is 0 Å². The molecule has 1 aliphatic rings. The second kappa shape index (κ2) is 5.15. The number of hydrogen-bond donors (Lipinski definition) is 1. The lowest BCUT2D eigenvalue weighted by Gasteiger charge is -2.39. The van der Waals surface area contributed by atoms with Gasteiger partial charge in [-0.3, -0.25) is 4.79 Å². The normalized spacial score (nSPS) is 23.5. The number of rotatable bonds is 1. The van der Waals surface area contributed by atoms with Crippen molar-refractivity contribution in [3.05, 3.63) is 29.3 Å². The summed E-state index contributed by atoms with van der Waals surface area (Å²) >= 11 is 0. The number of carbonyl (C=O) groups is 1. The van der Waals surface area contributed by atoms with E-state index in [9.17, 15) is 13.6 Å². The maximum Gasteiger partial charge on any atom is 0.257 e. The highest BCUT2D eigenvalue weighted by Crippen LogP contribution is 2.27. The van der Waals surface area contributed by atoms with Gasteiger partial charge in [0, 0.05) is 12.1 Å². The molecule has 0 spiro atoms. The van der Waals surface area contributed by atoms with Gasteiger partial charge in [0.2, 0.25) is 0 Å². The fraction of sp³-hybridized carbons (Fsp3) is 0.500. The highest BCUT2D eigenvalue weighted by Gasteiger charge is 2.31. The van der Waals surface area contributed by atoms with Crippen molar-refractivity contribution in [2.75, 3.05) is 5.73 Å². The Balaban J connectivity index is 2.38. The molecule has 1 aromatic rings. The number of nitrogens with two attached hydrogens (primary N) is 1. The molecule has 2 rings (SSSR count). The van der Waals surface area contributed by atoms with E-state index in [1.165, 1.54) is 0 Å². The highest BCUT2D eigenvalue weighted by molar-refractivity contribution is 5.96. The quantitative estimate of drug-likeness (QED) is 0.796. The zero-order valence-corrected chi connectivity index (χ0v) is 11.1. The first-order chi connectivity index (χ1) is 8.91. The summed E-state index contributed by atoms with van der Waals surface area (Å²) in [6.07, 6.45) is 2.80. The van der Waals surface area contributed by atoms with E-state index in [2.05, 4.69) is 0 Å². The van der Waals surface area contributed by atoms with Crippen LogP contribution in [0.1, 0.15) is 43.5 Å². The molecule has 0 aromatic heterocycles. The lowest BCUT2D eigenvalue weighted by Crippen LogP contribution is -2.47. The van der Waals surface area contributed by atoms with Crippen LogP contribution in [0.2, 0.25) is 0 Å². The molecule has 1 amide bonds. The number of anilines is 1. The number of carbonyl (C=O) groups excluding carboxylic acids is 1. The topological polar surface area (TPSA) is 46.3 Å². The van der Waals surface area contributed by atoms with Crippen molar-refractivity contribution in [3.63, 3.8) is 0 Å². The number of nitrogen functional groups attached to an aromatic ring is 1. The Morgan fingerprint density at radius 2 is 1.84 bits per heavy atom. The van der Waals surface area contributed by atoms with Crippen molar-refractivity contribution < 1.29 is 13.6 Å². The Morgan fingerprint density at radius 3 is 2.42 bits per heavy atom. The van der Waals surface area contributed by atoms with Crippen LogP contribution in [0.5, 0.6) is 0 Å². The Hall–Kier alpha value is -1.65. The van der Waals surface area contributed by atoms with Gasteiger partial charge in [-0.2, -0.15) is 0 Å². The summed E-state index contributed by atoms with van der Waals surface area (Å²) in [7, 11) is 0. The molecule has 104 valence electrons. The number of hydrogen-bond acceptors (Lipinski definition) is 2. The van der Waals surface area contributed by atoms with Gasteiger partial charge in [0.15, 0.2) is 5.82 Å². The van der Waals surface area contributed by atoms with Crippen molar-refractivity contribution in [3.8, 4) is 0 Å². The molecule has 2 unspecified atom stereocenters. The maximum absolute atomic E-state index is 13.9. The molecule has 5 heteroatoms. The summed E-state index contributed by atoms with van der Waals surface area (Å²) in [5, 5.41) is 0. The van der Waals surface area contributed by atoms with E-state index in [4.69, 9.17) is 5.73 Å². The van der Waals surface area contributed by atoms with E-state index in [-0.39, 0.29) is 23.3 Å². The van der Waals surface area contributed by atoms with E-state index >= 15 is 0 Å². The molecule has 1 aromatic carbocycles. The molecule has 0 bridgehead atoms. The molecule has 1 heterocycles.